The van der Waals surface area contributed by atoms with Crippen molar-refractivity contribution in [2.45, 2.75) is 45.3 Å². The average molecular weight is 391 g/mol. The van der Waals surface area contributed by atoms with Crippen molar-refractivity contribution in [1.29, 1.82) is 0 Å². The highest BCUT2D eigenvalue weighted by molar-refractivity contribution is 5.99. The monoisotopic (exact) mass is 391 g/mol. The second-order valence-electron chi connectivity index (χ2n) is 7.52. The number of nitrogens with one attached hydrogen (secondary N) is 2. The van der Waals surface area contributed by atoms with Crippen LogP contribution in [0.15, 0.2) is 24.3 Å². The lowest BCUT2D eigenvalue weighted by atomic mass is 9.54. The fraction of sp³-hybridized carbons (Fsp3) is 0.550. The number of hydrogen-bond donors (Lipinski definition) is 3. The van der Waals surface area contributed by atoms with Gasteiger partial charge >= 0.3 is 5.97 Å². The van der Waals surface area contributed by atoms with Crippen molar-refractivity contribution in [3.63, 3.8) is 0 Å². The molecule has 4 N–H and O–H groups in total. The predicted octanol–water partition coefficient (Wildman–Crippen LogP) is 0.989. The maximum atomic E-state index is 12.7. The predicted molar refractivity (Wildman–Crippen MR) is 105 cm³/mol. The van der Waals surface area contributed by atoms with Crippen molar-refractivity contribution in [2.24, 2.45) is 11.1 Å². The largest absolute Gasteiger partial charge is 0.468 e. The van der Waals surface area contributed by atoms with Crippen LogP contribution in [-0.2, 0) is 30.3 Å². The molecule has 1 fully saturated rings. The van der Waals surface area contributed by atoms with Crippen LogP contribution in [0.4, 0.5) is 5.69 Å². The molecule has 0 heterocycles. The van der Waals surface area contributed by atoms with Crippen LogP contribution in [0.2, 0.25) is 0 Å². The summed E-state index contributed by atoms with van der Waals surface area (Å²) in [5.41, 5.74) is 6.26. The summed E-state index contributed by atoms with van der Waals surface area (Å²) in [6.07, 6.45) is 0.548. The zero-order valence-corrected chi connectivity index (χ0v) is 16.8. The van der Waals surface area contributed by atoms with Crippen molar-refractivity contribution in [1.82, 2.24) is 5.32 Å². The molecule has 1 aromatic rings. The Morgan fingerprint density at radius 1 is 1.21 bits per heavy atom. The van der Waals surface area contributed by atoms with Crippen molar-refractivity contribution in [3.05, 3.63) is 29.8 Å². The fourth-order valence-electron chi connectivity index (χ4n) is 3.26. The summed E-state index contributed by atoms with van der Waals surface area (Å²) < 4.78 is 10.1. The van der Waals surface area contributed by atoms with Crippen LogP contribution < -0.4 is 16.4 Å². The van der Waals surface area contributed by atoms with Gasteiger partial charge in [-0.25, -0.2) is 0 Å². The van der Waals surface area contributed by atoms with Crippen LogP contribution >= 0.6 is 0 Å². The van der Waals surface area contributed by atoms with Gasteiger partial charge in [-0.05, 0) is 24.6 Å². The number of amides is 2. The molecular weight excluding hydrogens is 362 g/mol. The Hall–Kier alpha value is -2.45. The van der Waals surface area contributed by atoms with Gasteiger partial charge in [0.05, 0.1) is 19.6 Å². The summed E-state index contributed by atoms with van der Waals surface area (Å²) in [6.45, 7) is 6.21. The molecule has 2 rings (SSSR count). The van der Waals surface area contributed by atoms with Crippen LogP contribution in [0, 0.1) is 5.41 Å². The first-order chi connectivity index (χ1) is 13.1. The molecule has 8 heteroatoms. The Kier molecular flexibility index (Phi) is 6.79. The fourth-order valence-corrected chi connectivity index (χ4v) is 3.26. The molecule has 1 aliphatic carbocycles. The van der Waals surface area contributed by atoms with Gasteiger partial charge in [-0.1, -0.05) is 26.0 Å². The second-order valence-corrected chi connectivity index (χ2v) is 7.52. The van der Waals surface area contributed by atoms with Crippen molar-refractivity contribution >= 4 is 23.5 Å². The summed E-state index contributed by atoms with van der Waals surface area (Å²) in [4.78, 5) is 35.6. The van der Waals surface area contributed by atoms with E-state index in [1.165, 1.54) is 7.11 Å². The van der Waals surface area contributed by atoms with Gasteiger partial charge in [-0.15, -0.1) is 0 Å². The molecule has 0 spiro atoms. The van der Waals surface area contributed by atoms with Crippen molar-refractivity contribution < 1.29 is 23.9 Å². The van der Waals surface area contributed by atoms with E-state index in [-0.39, 0.29) is 30.9 Å². The van der Waals surface area contributed by atoms with Gasteiger partial charge in [0.25, 0.3) is 0 Å². The standard InChI is InChI=1S/C20H29N3O5/c1-5-28-15-11-20(21,19(15,2)3)18(26)23-14-8-6-13(7-9-14)10-16(24)22-12-17(25)27-4/h6-9,15H,5,10-12,21H2,1-4H3,(H,22,24)(H,23,26). The summed E-state index contributed by atoms with van der Waals surface area (Å²) in [5.74, 6) is -1.05. The van der Waals surface area contributed by atoms with Crippen molar-refractivity contribution in [3.8, 4) is 0 Å². The van der Waals surface area contributed by atoms with Crippen LogP contribution in [0.3, 0.4) is 0 Å². The Labute approximate surface area is 165 Å². The maximum Gasteiger partial charge on any atom is 0.325 e. The molecule has 0 radical (unpaired) electrons. The van der Waals surface area contributed by atoms with E-state index in [4.69, 9.17) is 10.5 Å². The van der Waals surface area contributed by atoms with E-state index >= 15 is 0 Å². The highest BCUT2D eigenvalue weighted by atomic mass is 16.5. The number of anilines is 1. The zero-order valence-electron chi connectivity index (χ0n) is 16.8. The smallest absolute Gasteiger partial charge is 0.325 e. The highest BCUT2D eigenvalue weighted by Crippen LogP contribution is 2.50. The minimum absolute atomic E-state index is 0.0425. The molecule has 154 valence electrons. The van der Waals surface area contributed by atoms with Gasteiger partial charge in [0.1, 0.15) is 12.1 Å². The van der Waals surface area contributed by atoms with E-state index in [0.717, 1.165) is 5.56 Å². The third-order valence-electron chi connectivity index (χ3n) is 5.47. The normalized spacial score (nSPS) is 22.7. The maximum absolute atomic E-state index is 12.7. The molecule has 28 heavy (non-hydrogen) atoms. The molecule has 0 aliphatic heterocycles. The molecule has 2 unspecified atom stereocenters. The van der Waals surface area contributed by atoms with Gasteiger partial charge in [0.15, 0.2) is 0 Å². The first kappa shape index (κ1) is 21.8. The molecule has 2 amide bonds. The quantitative estimate of drug-likeness (QED) is 0.569. The first-order valence-corrected chi connectivity index (χ1v) is 9.28. The van der Waals surface area contributed by atoms with Gasteiger partial charge in [-0.2, -0.15) is 0 Å². The van der Waals surface area contributed by atoms with Crippen LogP contribution in [-0.4, -0.2) is 49.7 Å². The Morgan fingerprint density at radius 2 is 1.86 bits per heavy atom. The lowest BCUT2D eigenvalue weighted by Gasteiger charge is -2.57. The number of hydrogen-bond acceptors (Lipinski definition) is 6. The number of nitrogens with two attached hydrogens (primary N) is 1. The molecule has 1 saturated carbocycles. The zero-order chi connectivity index (χ0) is 20.9. The lowest BCUT2D eigenvalue weighted by Crippen LogP contribution is -2.74. The van der Waals surface area contributed by atoms with Crippen molar-refractivity contribution in [2.75, 3.05) is 25.6 Å². The minimum Gasteiger partial charge on any atom is -0.468 e. The molecule has 0 bridgehead atoms. The number of carbonyl (C=O) groups is 3. The Bertz CT molecular complexity index is 732. The van der Waals surface area contributed by atoms with Crippen LogP contribution in [0.1, 0.15) is 32.8 Å². The number of rotatable bonds is 8. The molecule has 2 atom stereocenters. The molecular formula is C20H29N3O5. The number of carbonyl (C=O) groups excluding carboxylic acids is 3. The lowest BCUT2D eigenvalue weighted by molar-refractivity contribution is -0.166. The number of methoxy groups -OCH3 is 1. The SMILES string of the molecule is CCOC1CC(N)(C(=O)Nc2ccc(CC(=O)NCC(=O)OC)cc2)C1(C)C. The van der Waals surface area contributed by atoms with Gasteiger partial charge in [0, 0.05) is 24.1 Å². The van der Waals surface area contributed by atoms with E-state index in [0.29, 0.717) is 18.7 Å². The molecule has 0 saturated heterocycles. The van der Waals surface area contributed by atoms with Crippen LogP contribution in [0.25, 0.3) is 0 Å². The average Bonchev–Trinajstić information content (AvgIpc) is 2.67. The highest BCUT2D eigenvalue weighted by Gasteiger charge is 2.62. The summed E-state index contributed by atoms with van der Waals surface area (Å²) in [5, 5.41) is 5.33. The summed E-state index contributed by atoms with van der Waals surface area (Å²) >= 11 is 0. The first-order valence-electron chi connectivity index (χ1n) is 9.28. The third kappa shape index (κ3) is 4.51. The van der Waals surface area contributed by atoms with Gasteiger partial charge in [0.2, 0.25) is 11.8 Å². The molecule has 8 nitrogen and oxygen atoms in total. The second kappa shape index (κ2) is 8.70. The number of ether oxygens (including phenoxy) is 2. The van der Waals surface area contributed by atoms with E-state index in [9.17, 15) is 14.4 Å². The van der Waals surface area contributed by atoms with Crippen LogP contribution in [0.5, 0.6) is 0 Å². The minimum atomic E-state index is -1.00. The molecule has 1 aromatic carbocycles. The van der Waals surface area contributed by atoms with E-state index in [1.54, 1.807) is 24.3 Å². The van der Waals surface area contributed by atoms with Gasteiger partial charge in [-0.3, -0.25) is 14.4 Å². The van der Waals surface area contributed by atoms with E-state index < -0.39 is 16.9 Å². The summed E-state index contributed by atoms with van der Waals surface area (Å²) in [6, 6.07) is 6.92. The number of benzene rings is 1. The molecule has 0 aromatic heterocycles. The molecule has 1 aliphatic rings. The summed E-state index contributed by atoms with van der Waals surface area (Å²) in [7, 11) is 1.26. The Morgan fingerprint density at radius 3 is 2.39 bits per heavy atom. The topological polar surface area (TPSA) is 120 Å². The van der Waals surface area contributed by atoms with E-state index in [2.05, 4.69) is 15.4 Å². The Balaban J connectivity index is 1.91. The third-order valence-corrected chi connectivity index (χ3v) is 5.47. The number of esters is 1. The van der Waals surface area contributed by atoms with Gasteiger partial charge < -0.3 is 25.8 Å². The van der Waals surface area contributed by atoms with E-state index in [1.807, 2.05) is 20.8 Å².